The van der Waals surface area contributed by atoms with Crippen LogP contribution in [0.3, 0.4) is 0 Å². The molecule has 30 heavy (non-hydrogen) atoms. The number of carbonyl (C=O) groups excluding carboxylic acids is 2. The lowest BCUT2D eigenvalue weighted by molar-refractivity contribution is 0.0962. The lowest BCUT2D eigenvalue weighted by atomic mass is 9.80. The molecule has 1 aliphatic carbocycles. The van der Waals surface area contributed by atoms with Crippen LogP contribution in [0.15, 0.2) is 60.8 Å². The topological polar surface area (TPSA) is 72.0 Å². The Hall–Kier alpha value is -3.34. The van der Waals surface area contributed by atoms with Crippen LogP contribution in [0.2, 0.25) is 0 Å². The quantitative estimate of drug-likeness (QED) is 0.677. The average Bonchev–Trinajstić information content (AvgIpc) is 2.73. The van der Waals surface area contributed by atoms with Gasteiger partial charge in [0.2, 0.25) is 5.95 Å². The summed E-state index contributed by atoms with van der Waals surface area (Å²) in [7, 11) is 0. The number of hydrogen-bond acceptors (Lipinski definition) is 4. The van der Waals surface area contributed by atoms with E-state index in [1.165, 1.54) is 11.8 Å². The van der Waals surface area contributed by atoms with Gasteiger partial charge in [-0.15, -0.1) is 0 Å². The van der Waals surface area contributed by atoms with Crippen molar-refractivity contribution in [3.8, 4) is 0 Å². The van der Waals surface area contributed by atoms with Crippen LogP contribution in [0.1, 0.15) is 70.6 Å². The van der Waals surface area contributed by atoms with Gasteiger partial charge in [0.15, 0.2) is 5.78 Å². The van der Waals surface area contributed by atoms with E-state index in [9.17, 15) is 9.59 Å². The Labute approximate surface area is 176 Å². The monoisotopic (exact) mass is 399 g/mol. The summed E-state index contributed by atoms with van der Waals surface area (Å²) < 4.78 is 0. The highest BCUT2D eigenvalue weighted by atomic mass is 16.1. The average molecular weight is 399 g/mol. The first-order chi connectivity index (χ1) is 14.3. The van der Waals surface area contributed by atoms with Crippen molar-refractivity contribution in [1.82, 2.24) is 9.97 Å². The molecule has 0 saturated carbocycles. The Morgan fingerprint density at radius 3 is 2.37 bits per heavy atom. The van der Waals surface area contributed by atoms with Gasteiger partial charge < -0.3 is 0 Å². The van der Waals surface area contributed by atoms with E-state index in [0.29, 0.717) is 29.7 Å². The van der Waals surface area contributed by atoms with Crippen LogP contribution in [-0.2, 0) is 11.8 Å². The summed E-state index contributed by atoms with van der Waals surface area (Å²) in [6.45, 7) is 6.56. The number of benzene rings is 2. The summed E-state index contributed by atoms with van der Waals surface area (Å²) in [4.78, 5) is 33.7. The maximum Gasteiger partial charge on any atom is 0.258 e. The molecule has 5 nitrogen and oxygen atoms in total. The van der Waals surface area contributed by atoms with E-state index in [1.54, 1.807) is 24.3 Å². The summed E-state index contributed by atoms with van der Waals surface area (Å²) >= 11 is 0. The molecule has 1 aliphatic rings. The van der Waals surface area contributed by atoms with Crippen molar-refractivity contribution in [2.75, 3.05) is 5.32 Å². The molecule has 152 valence electrons. The maximum absolute atomic E-state index is 12.7. The molecular formula is C25H25N3O2. The molecule has 2 aromatic carbocycles. The zero-order valence-electron chi connectivity index (χ0n) is 17.5. The van der Waals surface area contributed by atoms with Crippen LogP contribution >= 0.6 is 0 Å². The van der Waals surface area contributed by atoms with Gasteiger partial charge in [0.05, 0.1) is 11.3 Å². The van der Waals surface area contributed by atoms with Crippen molar-refractivity contribution >= 4 is 17.6 Å². The van der Waals surface area contributed by atoms with Gasteiger partial charge >= 0.3 is 0 Å². The van der Waals surface area contributed by atoms with Crippen LogP contribution in [0.5, 0.6) is 0 Å². The van der Waals surface area contributed by atoms with Crippen LogP contribution in [0.4, 0.5) is 5.95 Å². The second-order valence-corrected chi connectivity index (χ2v) is 8.77. The fourth-order valence-corrected chi connectivity index (χ4v) is 3.76. The number of fused-ring (bicyclic) bond motifs is 1. The molecule has 4 rings (SSSR count). The summed E-state index contributed by atoms with van der Waals surface area (Å²) in [6, 6.07) is 17.4. The van der Waals surface area contributed by atoms with Crippen molar-refractivity contribution in [3.63, 3.8) is 0 Å². The molecule has 0 aliphatic heterocycles. The highest BCUT2D eigenvalue weighted by Crippen LogP contribution is 2.33. The van der Waals surface area contributed by atoms with E-state index in [0.717, 1.165) is 5.56 Å². The predicted molar refractivity (Wildman–Crippen MR) is 117 cm³/mol. The molecule has 5 heteroatoms. The first-order valence-electron chi connectivity index (χ1n) is 10.2. The minimum absolute atomic E-state index is 0.0436. The van der Waals surface area contributed by atoms with Gasteiger partial charge in [0.1, 0.15) is 0 Å². The number of amides is 1. The van der Waals surface area contributed by atoms with Crippen molar-refractivity contribution in [3.05, 3.63) is 88.7 Å². The Morgan fingerprint density at radius 2 is 1.70 bits per heavy atom. The number of ketones is 1. The first-order valence-corrected chi connectivity index (χ1v) is 10.2. The SMILES string of the molecule is CC(C)(C)c1ccc([C@H]2CC(=O)c3cnc(NC(=O)c4ccccc4)nc3C2)cc1. The van der Waals surface area contributed by atoms with Gasteiger partial charge in [-0.05, 0) is 41.0 Å². The number of rotatable bonds is 3. The minimum atomic E-state index is -0.271. The number of hydrogen-bond donors (Lipinski definition) is 1. The lowest BCUT2D eigenvalue weighted by Gasteiger charge is -2.25. The zero-order valence-corrected chi connectivity index (χ0v) is 17.5. The van der Waals surface area contributed by atoms with Gasteiger partial charge in [-0.25, -0.2) is 9.97 Å². The van der Waals surface area contributed by atoms with Gasteiger partial charge in [-0.2, -0.15) is 0 Å². The Morgan fingerprint density at radius 1 is 1.00 bits per heavy atom. The first kappa shape index (κ1) is 20.0. The Balaban J connectivity index is 1.55. The number of aromatic nitrogens is 2. The molecule has 1 heterocycles. The molecule has 0 spiro atoms. The van der Waals surface area contributed by atoms with E-state index >= 15 is 0 Å². The summed E-state index contributed by atoms with van der Waals surface area (Å²) in [5, 5.41) is 2.73. The van der Waals surface area contributed by atoms with E-state index in [-0.39, 0.29) is 29.0 Å². The minimum Gasteiger partial charge on any atom is -0.294 e. The van der Waals surface area contributed by atoms with Crippen LogP contribution < -0.4 is 5.32 Å². The summed E-state index contributed by atoms with van der Waals surface area (Å²) in [5.41, 5.74) is 4.26. The smallest absolute Gasteiger partial charge is 0.258 e. The van der Waals surface area contributed by atoms with Gasteiger partial charge in [-0.3, -0.25) is 14.9 Å². The van der Waals surface area contributed by atoms with Crippen molar-refractivity contribution in [2.24, 2.45) is 0 Å². The van der Waals surface area contributed by atoms with Gasteiger partial charge in [0.25, 0.3) is 5.91 Å². The third-order valence-corrected chi connectivity index (χ3v) is 5.55. The molecule has 0 bridgehead atoms. The highest BCUT2D eigenvalue weighted by molar-refractivity contribution is 6.03. The Bertz CT molecular complexity index is 1080. The predicted octanol–water partition coefficient (Wildman–Crippen LogP) is 4.94. The fourth-order valence-electron chi connectivity index (χ4n) is 3.76. The molecule has 0 fully saturated rings. The third kappa shape index (κ3) is 4.15. The van der Waals surface area contributed by atoms with E-state index in [2.05, 4.69) is 60.3 Å². The van der Waals surface area contributed by atoms with Crippen LogP contribution in [0.25, 0.3) is 0 Å². The maximum atomic E-state index is 12.7. The van der Waals surface area contributed by atoms with Crippen molar-refractivity contribution in [2.45, 2.75) is 44.9 Å². The molecule has 0 saturated heterocycles. The molecular weight excluding hydrogens is 374 g/mol. The Kier molecular flexibility index (Phi) is 5.20. The molecule has 0 radical (unpaired) electrons. The highest BCUT2D eigenvalue weighted by Gasteiger charge is 2.28. The van der Waals surface area contributed by atoms with E-state index in [1.807, 2.05) is 6.07 Å². The molecule has 1 amide bonds. The summed E-state index contributed by atoms with van der Waals surface area (Å²) in [5.74, 6) is 0.0693. The van der Waals surface area contributed by atoms with Gasteiger partial charge in [-0.1, -0.05) is 63.2 Å². The normalized spacial score (nSPS) is 16.1. The fraction of sp³-hybridized carbons (Fsp3) is 0.280. The molecule has 3 aromatic rings. The molecule has 0 unspecified atom stereocenters. The molecule has 1 atom stereocenters. The number of Topliss-reactive ketones (excluding diaryl/α,β-unsaturated/α-hetero) is 1. The zero-order chi connectivity index (χ0) is 21.3. The van der Waals surface area contributed by atoms with Crippen molar-refractivity contribution in [1.29, 1.82) is 0 Å². The van der Waals surface area contributed by atoms with E-state index < -0.39 is 0 Å². The lowest BCUT2D eigenvalue weighted by Crippen LogP contribution is -2.22. The second-order valence-electron chi connectivity index (χ2n) is 8.77. The largest absolute Gasteiger partial charge is 0.294 e. The van der Waals surface area contributed by atoms with Crippen LogP contribution in [0, 0.1) is 0 Å². The number of nitrogens with zero attached hydrogens (tertiary/aromatic N) is 2. The third-order valence-electron chi connectivity index (χ3n) is 5.55. The summed E-state index contributed by atoms with van der Waals surface area (Å²) in [6.07, 6.45) is 2.62. The second kappa shape index (κ2) is 7.82. The number of nitrogens with one attached hydrogen (secondary N) is 1. The molecule has 1 N–H and O–H groups in total. The number of anilines is 1. The molecule has 1 aromatic heterocycles. The number of carbonyl (C=O) groups is 2. The van der Waals surface area contributed by atoms with Crippen LogP contribution in [-0.4, -0.2) is 21.7 Å². The van der Waals surface area contributed by atoms with E-state index in [4.69, 9.17) is 0 Å². The standard InChI is InChI=1S/C25H25N3O2/c1-25(2,3)19-11-9-16(10-12-19)18-13-21-20(22(29)14-18)15-26-24(27-21)28-23(30)17-7-5-4-6-8-17/h4-12,15,18H,13-14H2,1-3H3,(H,26,27,28,30)/t18-/m1/s1. The van der Waals surface area contributed by atoms with Gasteiger partial charge in [0, 0.05) is 18.2 Å². The van der Waals surface area contributed by atoms with Crippen molar-refractivity contribution < 1.29 is 9.59 Å².